The van der Waals surface area contributed by atoms with Crippen molar-refractivity contribution in [2.45, 2.75) is 39.7 Å². The highest BCUT2D eigenvalue weighted by atomic mass is 15.3. The Morgan fingerprint density at radius 3 is 2.71 bits per heavy atom. The van der Waals surface area contributed by atoms with E-state index < -0.39 is 0 Å². The van der Waals surface area contributed by atoms with E-state index in [9.17, 15) is 0 Å². The zero-order valence-corrected chi connectivity index (χ0v) is 11.8. The first-order chi connectivity index (χ1) is 8.17. The molecule has 0 bridgehead atoms. The van der Waals surface area contributed by atoms with Gasteiger partial charge in [-0.05, 0) is 44.4 Å². The first-order valence-corrected chi connectivity index (χ1v) is 7.34. The topological polar surface area (TPSA) is 18.5 Å². The molecule has 17 heavy (non-hydrogen) atoms. The van der Waals surface area contributed by atoms with E-state index in [2.05, 4.69) is 35.9 Å². The van der Waals surface area contributed by atoms with Crippen molar-refractivity contribution in [3.8, 4) is 0 Å². The molecule has 0 radical (unpaired) electrons. The summed E-state index contributed by atoms with van der Waals surface area (Å²) >= 11 is 0. The summed E-state index contributed by atoms with van der Waals surface area (Å²) in [4.78, 5) is 5.31. The molecule has 1 N–H and O–H groups in total. The summed E-state index contributed by atoms with van der Waals surface area (Å²) in [5.41, 5.74) is 0.526. The van der Waals surface area contributed by atoms with Crippen LogP contribution in [-0.4, -0.2) is 61.7 Å². The highest BCUT2D eigenvalue weighted by molar-refractivity contribution is 4.90. The molecule has 2 fully saturated rings. The first kappa shape index (κ1) is 13.3. The van der Waals surface area contributed by atoms with Gasteiger partial charge in [0.1, 0.15) is 0 Å². The summed E-state index contributed by atoms with van der Waals surface area (Å²) in [6.45, 7) is 15.7. The predicted molar refractivity (Wildman–Crippen MR) is 73.4 cm³/mol. The number of nitrogens with zero attached hydrogens (tertiary/aromatic N) is 2. The fraction of sp³-hybridized carbons (Fsp3) is 1.00. The zero-order chi connectivity index (χ0) is 12.3. The molecule has 3 heteroatoms. The van der Waals surface area contributed by atoms with Crippen LogP contribution in [0.3, 0.4) is 0 Å². The van der Waals surface area contributed by atoms with Gasteiger partial charge in [-0.2, -0.15) is 0 Å². The van der Waals surface area contributed by atoms with Gasteiger partial charge in [-0.25, -0.2) is 0 Å². The van der Waals surface area contributed by atoms with Crippen LogP contribution in [0.25, 0.3) is 0 Å². The van der Waals surface area contributed by atoms with Gasteiger partial charge in [-0.1, -0.05) is 20.8 Å². The van der Waals surface area contributed by atoms with Crippen molar-refractivity contribution in [1.82, 2.24) is 15.1 Å². The number of nitrogens with one attached hydrogen (secondary N) is 1. The van der Waals surface area contributed by atoms with Gasteiger partial charge in [-0.15, -0.1) is 0 Å². The van der Waals surface area contributed by atoms with Crippen LogP contribution in [0.4, 0.5) is 0 Å². The Hall–Kier alpha value is -0.120. The summed E-state index contributed by atoms with van der Waals surface area (Å²) < 4.78 is 0. The molecule has 3 nitrogen and oxygen atoms in total. The largest absolute Gasteiger partial charge is 0.316 e. The van der Waals surface area contributed by atoms with Crippen LogP contribution in [0.5, 0.6) is 0 Å². The number of hydrogen-bond donors (Lipinski definition) is 1. The molecule has 2 saturated heterocycles. The second-order valence-corrected chi connectivity index (χ2v) is 6.14. The minimum absolute atomic E-state index is 0.526. The standard InChI is InChI=1S/C14H29N3/c1-4-17(5-2)13-6-9-16(10-13)12-14(3)7-8-15-11-14/h13,15H,4-12H2,1-3H3. The molecule has 2 rings (SSSR count). The third-order valence-corrected chi connectivity index (χ3v) is 4.64. The monoisotopic (exact) mass is 239 g/mol. The molecule has 0 spiro atoms. The molecule has 2 aliphatic rings. The third-order valence-electron chi connectivity index (χ3n) is 4.64. The van der Waals surface area contributed by atoms with E-state index in [0.29, 0.717) is 5.41 Å². The molecular weight excluding hydrogens is 210 g/mol. The van der Waals surface area contributed by atoms with Gasteiger partial charge < -0.3 is 10.2 Å². The van der Waals surface area contributed by atoms with Crippen molar-refractivity contribution >= 4 is 0 Å². The molecular formula is C14H29N3. The fourth-order valence-electron chi connectivity index (χ4n) is 3.54. The van der Waals surface area contributed by atoms with Crippen LogP contribution < -0.4 is 5.32 Å². The van der Waals surface area contributed by atoms with Crippen molar-refractivity contribution in [2.24, 2.45) is 5.41 Å². The Balaban J connectivity index is 1.81. The van der Waals surface area contributed by atoms with E-state index >= 15 is 0 Å². The average molecular weight is 239 g/mol. The Morgan fingerprint density at radius 1 is 1.35 bits per heavy atom. The van der Waals surface area contributed by atoms with Crippen molar-refractivity contribution < 1.29 is 0 Å². The van der Waals surface area contributed by atoms with Gasteiger partial charge in [0.2, 0.25) is 0 Å². The summed E-state index contributed by atoms with van der Waals surface area (Å²) in [6, 6.07) is 0.808. The first-order valence-electron chi connectivity index (χ1n) is 7.34. The van der Waals surface area contributed by atoms with E-state index in [1.54, 1.807) is 0 Å². The van der Waals surface area contributed by atoms with Gasteiger partial charge in [-0.3, -0.25) is 4.90 Å². The lowest BCUT2D eigenvalue weighted by molar-refractivity contribution is 0.177. The number of hydrogen-bond acceptors (Lipinski definition) is 3. The van der Waals surface area contributed by atoms with Gasteiger partial charge in [0.25, 0.3) is 0 Å². The van der Waals surface area contributed by atoms with Crippen LogP contribution in [0.1, 0.15) is 33.6 Å². The van der Waals surface area contributed by atoms with Gasteiger partial charge >= 0.3 is 0 Å². The van der Waals surface area contributed by atoms with Crippen LogP contribution in [0.15, 0.2) is 0 Å². The Kier molecular flexibility index (Phi) is 4.45. The van der Waals surface area contributed by atoms with Crippen molar-refractivity contribution in [1.29, 1.82) is 0 Å². The predicted octanol–water partition coefficient (Wildman–Crippen LogP) is 1.40. The van der Waals surface area contributed by atoms with E-state index in [1.165, 1.54) is 58.7 Å². The third kappa shape index (κ3) is 3.21. The molecule has 2 atom stereocenters. The molecule has 0 aromatic rings. The van der Waals surface area contributed by atoms with E-state index in [4.69, 9.17) is 0 Å². The summed E-state index contributed by atoms with van der Waals surface area (Å²) in [7, 11) is 0. The number of likely N-dealkylation sites (tertiary alicyclic amines) is 1. The number of likely N-dealkylation sites (N-methyl/N-ethyl adjacent to an activating group) is 1. The van der Waals surface area contributed by atoms with Crippen molar-refractivity contribution in [3.63, 3.8) is 0 Å². The van der Waals surface area contributed by atoms with Crippen LogP contribution >= 0.6 is 0 Å². The second-order valence-electron chi connectivity index (χ2n) is 6.14. The van der Waals surface area contributed by atoms with Crippen LogP contribution in [-0.2, 0) is 0 Å². The summed E-state index contributed by atoms with van der Waals surface area (Å²) in [6.07, 6.45) is 2.71. The molecule has 0 amide bonds. The maximum absolute atomic E-state index is 3.51. The molecule has 0 saturated carbocycles. The summed E-state index contributed by atoms with van der Waals surface area (Å²) in [5, 5.41) is 3.51. The Morgan fingerprint density at radius 2 is 2.12 bits per heavy atom. The molecule has 2 heterocycles. The van der Waals surface area contributed by atoms with Crippen LogP contribution in [0, 0.1) is 5.41 Å². The highest BCUT2D eigenvalue weighted by Gasteiger charge is 2.34. The Labute approximate surface area is 107 Å². The maximum atomic E-state index is 3.51. The Bertz CT molecular complexity index is 232. The van der Waals surface area contributed by atoms with Gasteiger partial charge in [0.15, 0.2) is 0 Å². The van der Waals surface area contributed by atoms with Gasteiger partial charge in [0.05, 0.1) is 0 Å². The molecule has 2 unspecified atom stereocenters. The normalized spacial score (nSPS) is 34.9. The molecule has 100 valence electrons. The van der Waals surface area contributed by atoms with E-state index in [1.807, 2.05) is 0 Å². The molecule has 0 aromatic heterocycles. The van der Waals surface area contributed by atoms with E-state index in [0.717, 1.165) is 6.04 Å². The lowest BCUT2D eigenvalue weighted by Crippen LogP contribution is -2.40. The minimum Gasteiger partial charge on any atom is -0.316 e. The quantitative estimate of drug-likeness (QED) is 0.782. The highest BCUT2D eigenvalue weighted by Crippen LogP contribution is 2.28. The second kappa shape index (κ2) is 5.68. The van der Waals surface area contributed by atoms with Crippen molar-refractivity contribution in [2.75, 3.05) is 45.8 Å². The molecule has 0 aliphatic carbocycles. The maximum Gasteiger partial charge on any atom is 0.0235 e. The van der Waals surface area contributed by atoms with Crippen molar-refractivity contribution in [3.05, 3.63) is 0 Å². The SMILES string of the molecule is CCN(CC)C1CCN(CC2(C)CCNC2)C1. The minimum atomic E-state index is 0.526. The van der Waals surface area contributed by atoms with Gasteiger partial charge in [0, 0.05) is 25.7 Å². The van der Waals surface area contributed by atoms with E-state index in [-0.39, 0.29) is 0 Å². The lowest BCUT2D eigenvalue weighted by Gasteiger charge is -2.30. The summed E-state index contributed by atoms with van der Waals surface area (Å²) in [5.74, 6) is 0. The molecule has 2 aliphatic heterocycles. The smallest absolute Gasteiger partial charge is 0.0235 e. The zero-order valence-electron chi connectivity index (χ0n) is 11.8. The number of rotatable bonds is 5. The average Bonchev–Trinajstić information content (AvgIpc) is 2.91. The molecule has 0 aromatic carbocycles. The lowest BCUT2D eigenvalue weighted by atomic mass is 9.89. The fourth-order valence-corrected chi connectivity index (χ4v) is 3.54. The van der Waals surface area contributed by atoms with Crippen LogP contribution in [0.2, 0.25) is 0 Å².